The Labute approximate surface area is 318 Å². The van der Waals surface area contributed by atoms with E-state index in [-0.39, 0.29) is 27.7 Å². The number of ether oxygens (including phenoxy) is 4. The van der Waals surface area contributed by atoms with Gasteiger partial charge in [0.15, 0.2) is 0 Å². The Bertz CT molecular complexity index is 1930. The number of carbonyl (C=O) groups excluding carboxylic acids is 1. The van der Waals surface area contributed by atoms with Crippen molar-refractivity contribution in [2.24, 2.45) is 10.8 Å². The van der Waals surface area contributed by atoms with Crippen molar-refractivity contribution < 1.29 is 23.7 Å². The van der Waals surface area contributed by atoms with Crippen molar-refractivity contribution in [3.05, 3.63) is 83.9 Å². The van der Waals surface area contributed by atoms with Crippen molar-refractivity contribution in [3.8, 4) is 23.0 Å². The largest absolute Gasteiger partial charge is 0.496 e. The summed E-state index contributed by atoms with van der Waals surface area (Å²) in [7, 11) is 4.78. The average molecular weight is 739 g/mol. The predicted octanol–water partition coefficient (Wildman–Crippen LogP) is 10.9. The number of rotatable bonds is 11. The van der Waals surface area contributed by atoms with Gasteiger partial charge in [0, 0.05) is 10.8 Å². The van der Waals surface area contributed by atoms with Gasteiger partial charge >= 0.3 is 6.03 Å². The Kier molecular flexibility index (Phi) is 11.2. The molecule has 0 saturated carbocycles. The van der Waals surface area contributed by atoms with Crippen molar-refractivity contribution >= 4 is 46.5 Å². The van der Waals surface area contributed by atoms with Gasteiger partial charge in [-0.3, -0.25) is 4.57 Å². The van der Waals surface area contributed by atoms with Crippen molar-refractivity contribution in [1.29, 1.82) is 0 Å². The molecule has 4 aromatic carbocycles. The van der Waals surface area contributed by atoms with Gasteiger partial charge in [-0.05, 0) is 82.0 Å². The number of aromatic nitrogens is 1. The van der Waals surface area contributed by atoms with E-state index in [1.807, 2.05) is 41.0 Å². The fraction of sp³-hybridized carbons (Fsp3) is 0.444. The highest BCUT2D eigenvalue weighted by atomic mass is 31.1. The van der Waals surface area contributed by atoms with Crippen LogP contribution in [0.25, 0.3) is 21.8 Å². The minimum absolute atomic E-state index is 0.119. The third-order valence-corrected chi connectivity index (χ3v) is 12.1. The van der Waals surface area contributed by atoms with Crippen LogP contribution in [-0.2, 0) is 10.8 Å². The van der Waals surface area contributed by atoms with Gasteiger partial charge in [0.25, 0.3) is 0 Å². The maximum Gasteiger partial charge on any atom is 0.330 e. The van der Waals surface area contributed by atoms with Crippen molar-refractivity contribution in [3.63, 3.8) is 0 Å². The van der Waals surface area contributed by atoms with Crippen molar-refractivity contribution in [2.45, 2.75) is 92.9 Å². The van der Waals surface area contributed by atoms with E-state index in [4.69, 9.17) is 18.9 Å². The summed E-state index contributed by atoms with van der Waals surface area (Å²) >= 11 is 0. The van der Waals surface area contributed by atoms with Crippen molar-refractivity contribution in [2.75, 3.05) is 28.4 Å². The molecule has 8 heteroatoms. The predicted molar refractivity (Wildman–Crippen MR) is 223 cm³/mol. The molecule has 0 aliphatic heterocycles. The summed E-state index contributed by atoms with van der Waals surface area (Å²) in [6.07, 6.45) is 1.96. The first kappa shape index (κ1) is 40.0. The van der Waals surface area contributed by atoms with Crippen LogP contribution in [0.3, 0.4) is 0 Å². The van der Waals surface area contributed by atoms with Crippen LogP contribution in [0.4, 0.5) is 4.79 Å². The lowest BCUT2D eigenvalue weighted by Gasteiger charge is -2.33. The van der Waals surface area contributed by atoms with Gasteiger partial charge in [-0.15, -0.1) is 0 Å². The van der Waals surface area contributed by atoms with Crippen LogP contribution in [0.2, 0.25) is 0 Å². The molecular weight excluding hydrogens is 679 g/mol. The second-order valence-corrected chi connectivity index (χ2v) is 19.6. The quantitative estimate of drug-likeness (QED) is 0.137. The molecule has 1 aromatic heterocycles. The Balaban J connectivity index is 1.82. The maximum absolute atomic E-state index is 15.4. The van der Waals surface area contributed by atoms with E-state index in [9.17, 15) is 0 Å². The van der Waals surface area contributed by atoms with Crippen LogP contribution in [-0.4, -0.2) is 39.0 Å². The number of benzene rings is 4. The van der Waals surface area contributed by atoms with E-state index < -0.39 is 8.07 Å². The van der Waals surface area contributed by atoms with Gasteiger partial charge in [0.1, 0.15) is 23.0 Å². The van der Waals surface area contributed by atoms with Crippen LogP contribution >= 0.6 is 8.07 Å². The van der Waals surface area contributed by atoms with Crippen LogP contribution in [0.1, 0.15) is 93.2 Å². The number of nitrogens with one attached hydrogen (secondary N) is 1. The molecule has 0 atom stereocenters. The summed E-state index contributed by atoms with van der Waals surface area (Å²) in [5, 5.41) is 6.97. The third kappa shape index (κ3) is 8.31. The zero-order chi connectivity index (χ0) is 39.1. The molecule has 53 heavy (non-hydrogen) atoms. The molecule has 1 amide bonds. The Morgan fingerprint density at radius 2 is 0.906 bits per heavy atom. The number of hydrogen-bond acceptors (Lipinski definition) is 5. The topological polar surface area (TPSA) is 71.0 Å². The molecule has 0 spiro atoms. The Morgan fingerprint density at radius 3 is 1.21 bits per heavy atom. The second-order valence-electron chi connectivity index (χ2n) is 17.8. The van der Waals surface area contributed by atoms with Crippen LogP contribution < -0.4 is 34.6 Å². The molecule has 0 unspecified atom stereocenters. The molecule has 0 saturated heterocycles. The number of hydrogen-bond donors (Lipinski definition) is 1. The smallest absolute Gasteiger partial charge is 0.330 e. The number of amides is 1. The fourth-order valence-electron chi connectivity index (χ4n) is 8.41. The molecule has 0 radical (unpaired) electrons. The van der Waals surface area contributed by atoms with E-state index >= 15 is 4.79 Å². The van der Waals surface area contributed by atoms with Gasteiger partial charge in [0.2, 0.25) is 0 Å². The monoisotopic (exact) mass is 738 g/mol. The third-order valence-electron chi connectivity index (χ3n) is 9.94. The second kappa shape index (κ2) is 14.9. The summed E-state index contributed by atoms with van der Waals surface area (Å²) in [4.78, 5) is 15.4. The first-order valence-electron chi connectivity index (χ1n) is 18.4. The summed E-state index contributed by atoms with van der Waals surface area (Å²) in [5.41, 5.74) is 4.06. The van der Waals surface area contributed by atoms with E-state index in [2.05, 4.69) is 111 Å². The standard InChI is InChI=1S/C45H59N2O5P/c1-42(2,3)27-44(7,8)29-21-23-31-32-24-22-30(45(9,10)28-43(4,5)6)26-34(32)47(33(31)25-29)41(48)46-53(39-35(49-11)17-15-18-36(39)50-12)40-37(51-13)19-16-20-38(40)52-14/h15-26H,27-28H2,1-14H3,(H,46,48). The van der Waals surface area contributed by atoms with Gasteiger partial charge in [-0.25, -0.2) is 4.79 Å². The van der Waals surface area contributed by atoms with Crippen LogP contribution in [0.5, 0.6) is 23.0 Å². The Hall–Kier alpha value is -4.22. The molecule has 5 rings (SSSR count). The number of fused-ring (bicyclic) bond motifs is 3. The zero-order valence-corrected chi connectivity index (χ0v) is 35.2. The van der Waals surface area contributed by atoms with E-state index in [0.29, 0.717) is 33.6 Å². The van der Waals surface area contributed by atoms with E-state index in [1.165, 1.54) is 11.1 Å². The lowest BCUT2D eigenvalue weighted by Crippen LogP contribution is -2.34. The SMILES string of the molecule is COc1cccc(OC)c1P(NC(=O)n1c2cc(C(C)(C)CC(C)(C)C)ccc2c2ccc(C(C)(C)CC(C)(C)C)cc21)c1c(OC)cccc1OC. The lowest BCUT2D eigenvalue weighted by molar-refractivity contribution is 0.249. The molecule has 1 N–H and O–H groups in total. The first-order valence-corrected chi connectivity index (χ1v) is 19.7. The zero-order valence-electron chi connectivity index (χ0n) is 34.3. The van der Waals surface area contributed by atoms with Crippen LogP contribution in [0, 0.1) is 10.8 Å². The molecule has 0 fully saturated rings. The van der Waals surface area contributed by atoms with Gasteiger partial charge in [-0.1, -0.05) is 106 Å². The summed E-state index contributed by atoms with van der Waals surface area (Å²) < 4.78 is 25.6. The highest BCUT2D eigenvalue weighted by Crippen LogP contribution is 2.45. The first-order chi connectivity index (χ1) is 24.7. The molecule has 7 nitrogen and oxygen atoms in total. The number of nitrogens with zero attached hydrogens (tertiary/aromatic N) is 1. The fourth-order valence-corrected chi connectivity index (χ4v) is 10.7. The van der Waals surface area contributed by atoms with Gasteiger partial charge < -0.3 is 24.0 Å². The number of carbonyl (C=O) groups is 1. The minimum Gasteiger partial charge on any atom is -0.496 e. The van der Waals surface area contributed by atoms with Crippen molar-refractivity contribution in [1.82, 2.24) is 9.65 Å². The van der Waals surface area contributed by atoms with Gasteiger partial charge in [-0.2, -0.15) is 0 Å². The van der Waals surface area contributed by atoms with E-state index in [0.717, 1.165) is 34.6 Å². The summed E-state index contributed by atoms with van der Waals surface area (Å²) in [6, 6.07) is 24.3. The average Bonchev–Trinajstić information content (AvgIpc) is 3.41. The van der Waals surface area contributed by atoms with Gasteiger partial charge in [0.05, 0.1) is 58.2 Å². The highest BCUT2D eigenvalue weighted by Gasteiger charge is 2.34. The highest BCUT2D eigenvalue weighted by molar-refractivity contribution is 7.72. The Morgan fingerprint density at radius 1 is 0.566 bits per heavy atom. The number of methoxy groups -OCH3 is 4. The van der Waals surface area contributed by atoms with E-state index in [1.54, 1.807) is 28.4 Å². The molecule has 1 heterocycles. The lowest BCUT2D eigenvalue weighted by atomic mass is 9.72. The molecule has 0 aliphatic rings. The maximum atomic E-state index is 15.4. The summed E-state index contributed by atoms with van der Waals surface area (Å²) in [6.45, 7) is 22.8. The van der Waals surface area contributed by atoms with Crippen LogP contribution in [0.15, 0.2) is 72.8 Å². The minimum atomic E-state index is -1.73. The normalized spacial score (nSPS) is 12.7. The molecule has 0 aliphatic carbocycles. The molecule has 5 aromatic rings. The molecular formula is C45H59N2O5P. The summed E-state index contributed by atoms with van der Waals surface area (Å²) in [5.74, 6) is 2.35. The molecule has 284 valence electrons. The molecule has 0 bridgehead atoms.